The second kappa shape index (κ2) is 7.44. The maximum atomic E-state index is 13.6. The Balaban J connectivity index is 1.83. The van der Waals surface area contributed by atoms with Crippen molar-refractivity contribution in [3.05, 3.63) is 53.6 Å². The van der Waals surface area contributed by atoms with Gasteiger partial charge in [-0.2, -0.15) is 5.10 Å². The molecule has 2 atom stereocenters. The van der Waals surface area contributed by atoms with Crippen molar-refractivity contribution in [1.82, 2.24) is 20.4 Å². The third-order valence-electron chi connectivity index (χ3n) is 3.78. The zero-order valence-corrected chi connectivity index (χ0v) is 14.1. The molecule has 0 aliphatic heterocycles. The summed E-state index contributed by atoms with van der Waals surface area (Å²) in [6, 6.07) is 5.82. The van der Waals surface area contributed by atoms with E-state index in [4.69, 9.17) is 0 Å². The zero-order valence-electron chi connectivity index (χ0n) is 14.1. The number of carbonyl (C=O) groups is 1. The lowest BCUT2D eigenvalue weighted by molar-refractivity contribution is 0.0592. The lowest BCUT2D eigenvalue weighted by Crippen LogP contribution is -2.46. The summed E-state index contributed by atoms with van der Waals surface area (Å²) in [4.78, 5) is 12.0. The molecule has 0 bridgehead atoms. The van der Waals surface area contributed by atoms with E-state index in [1.54, 1.807) is 56.2 Å². The molecule has 1 aromatic carbocycles. The molecule has 7 heteroatoms. The van der Waals surface area contributed by atoms with Gasteiger partial charge in [0.2, 0.25) is 0 Å². The van der Waals surface area contributed by atoms with Crippen LogP contribution in [-0.4, -0.2) is 33.5 Å². The average molecular weight is 334 g/mol. The van der Waals surface area contributed by atoms with Gasteiger partial charge < -0.3 is 15.7 Å². The number of aliphatic hydroxyl groups is 1. The van der Waals surface area contributed by atoms with Crippen LogP contribution >= 0.6 is 0 Å². The second-order valence-electron chi connectivity index (χ2n) is 6.20. The number of carbonyl (C=O) groups excluding carboxylic acids is 1. The fourth-order valence-electron chi connectivity index (χ4n) is 2.37. The number of amides is 2. The van der Waals surface area contributed by atoms with Gasteiger partial charge in [0.15, 0.2) is 0 Å². The van der Waals surface area contributed by atoms with E-state index in [2.05, 4.69) is 15.7 Å². The molecule has 2 amide bonds. The van der Waals surface area contributed by atoms with Crippen LogP contribution in [-0.2, 0) is 19.1 Å². The number of aromatic nitrogens is 2. The number of aryl methyl sites for hydroxylation is 1. The summed E-state index contributed by atoms with van der Waals surface area (Å²) in [5.41, 5.74) is -0.0576. The first-order valence-electron chi connectivity index (χ1n) is 7.77. The predicted molar refractivity (Wildman–Crippen MR) is 88.9 cm³/mol. The summed E-state index contributed by atoms with van der Waals surface area (Å²) in [6.07, 6.45) is 3.64. The van der Waals surface area contributed by atoms with E-state index >= 15 is 0 Å². The van der Waals surface area contributed by atoms with E-state index in [-0.39, 0.29) is 18.4 Å². The monoisotopic (exact) mass is 334 g/mol. The average Bonchev–Trinajstić information content (AvgIpc) is 2.95. The van der Waals surface area contributed by atoms with Gasteiger partial charge in [0, 0.05) is 24.8 Å². The van der Waals surface area contributed by atoms with Gasteiger partial charge in [-0.05, 0) is 31.9 Å². The molecule has 130 valence electrons. The van der Waals surface area contributed by atoms with Crippen LogP contribution in [0.25, 0.3) is 0 Å². The Labute approximate surface area is 140 Å². The molecular formula is C17H23FN4O2. The van der Waals surface area contributed by atoms with E-state index < -0.39 is 11.6 Å². The Morgan fingerprint density at radius 1 is 1.46 bits per heavy atom. The molecule has 0 radical (unpaired) electrons. The zero-order chi connectivity index (χ0) is 17.7. The highest BCUT2D eigenvalue weighted by Gasteiger charge is 2.25. The molecule has 2 aromatic rings. The molecule has 3 N–H and O–H groups in total. The summed E-state index contributed by atoms with van der Waals surface area (Å²) in [5.74, 6) is -0.286. The van der Waals surface area contributed by atoms with Gasteiger partial charge in [0.25, 0.3) is 0 Å². The van der Waals surface area contributed by atoms with Crippen molar-refractivity contribution in [2.45, 2.75) is 31.9 Å². The van der Waals surface area contributed by atoms with Crippen molar-refractivity contribution >= 4 is 6.03 Å². The van der Waals surface area contributed by atoms with Crippen molar-refractivity contribution < 1.29 is 14.3 Å². The molecule has 0 saturated heterocycles. The Morgan fingerprint density at radius 2 is 2.17 bits per heavy atom. The maximum absolute atomic E-state index is 13.6. The van der Waals surface area contributed by atoms with E-state index in [1.807, 2.05) is 0 Å². The van der Waals surface area contributed by atoms with Gasteiger partial charge in [0.05, 0.1) is 12.7 Å². The van der Waals surface area contributed by atoms with Crippen LogP contribution in [0.3, 0.4) is 0 Å². The van der Waals surface area contributed by atoms with Crippen LogP contribution in [0.15, 0.2) is 36.7 Å². The Hall–Kier alpha value is -2.41. The van der Waals surface area contributed by atoms with Gasteiger partial charge in [-0.3, -0.25) is 4.68 Å². The number of benzene rings is 1. The fraction of sp³-hybridized carbons (Fsp3) is 0.412. The quantitative estimate of drug-likeness (QED) is 0.752. The molecule has 2 rings (SSSR count). The SMILES string of the molecule is C[C@@H](Cc1ccccc1F)NC(=O)NC[C@](C)(O)c1cnn(C)c1. The van der Waals surface area contributed by atoms with Crippen molar-refractivity contribution in [2.75, 3.05) is 6.54 Å². The maximum Gasteiger partial charge on any atom is 0.315 e. The molecule has 0 spiro atoms. The highest BCUT2D eigenvalue weighted by atomic mass is 19.1. The first kappa shape index (κ1) is 17.9. The molecule has 0 saturated carbocycles. The van der Waals surface area contributed by atoms with E-state index in [0.29, 0.717) is 17.5 Å². The minimum absolute atomic E-state index is 0.0386. The minimum Gasteiger partial charge on any atom is -0.383 e. The number of nitrogens with zero attached hydrogens (tertiary/aromatic N) is 2. The standard InChI is InChI=1S/C17H23FN4O2/c1-12(8-13-6-4-5-7-15(13)18)21-16(23)19-11-17(2,24)14-9-20-22(3)10-14/h4-7,9-10,12,24H,8,11H2,1-3H3,(H2,19,21,23)/t12-,17-/m0/s1. The number of nitrogens with one attached hydrogen (secondary N) is 2. The Bertz CT molecular complexity index is 699. The summed E-state index contributed by atoms with van der Waals surface area (Å²) >= 11 is 0. The van der Waals surface area contributed by atoms with Gasteiger partial charge in [0.1, 0.15) is 11.4 Å². The molecule has 0 fully saturated rings. The molecule has 0 aliphatic rings. The topological polar surface area (TPSA) is 79.2 Å². The number of hydrogen-bond acceptors (Lipinski definition) is 3. The number of urea groups is 1. The Kier molecular flexibility index (Phi) is 5.56. The first-order valence-corrected chi connectivity index (χ1v) is 7.77. The third-order valence-corrected chi connectivity index (χ3v) is 3.78. The van der Waals surface area contributed by atoms with Crippen molar-refractivity contribution in [1.29, 1.82) is 0 Å². The molecule has 6 nitrogen and oxygen atoms in total. The Morgan fingerprint density at radius 3 is 2.79 bits per heavy atom. The van der Waals surface area contributed by atoms with Gasteiger partial charge in [-0.15, -0.1) is 0 Å². The highest BCUT2D eigenvalue weighted by Crippen LogP contribution is 2.18. The van der Waals surface area contributed by atoms with Gasteiger partial charge in [-0.25, -0.2) is 9.18 Å². The van der Waals surface area contributed by atoms with Crippen molar-refractivity contribution in [2.24, 2.45) is 7.05 Å². The normalized spacial score (nSPS) is 14.7. The first-order chi connectivity index (χ1) is 11.3. The number of halogens is 1. The number of hydrogen-bond donors (Lipinski definition) is 3. The van der Waals surface area contributed by atoms with Crippen LogP contribution in [0.4, 0.5) is 9.18 Å². The molecule has 1 aromatic heterocycles. The molecule has 0 aliphatic carbocycles. The van der Waals surface area contributed by atoms with Crippen LogP contribution in [0.5, 0.6) is 0 Å². The summed E-state index contributed by atoms with van der Waals surface area (Å²) in [6.45, 7) is 3.44. The summed E-state index contributed by atoms with van der Waals surface area (Å²) < 4.78 is 15.2. The van der Waals surface area contributed by atoms with Crippen LogP contribution in [0, 0.1) is 5.82 Å². The van der Waals surface area contributed by atoms with Crippen LogP contribution in [0.2, 0.25) is 0 Å². The summed E-state index contributed by atoms with van der Waals surface area (Å²) in [7, 11) is 1.75. The van der Waals surface area contributed by atoms with E-state index in [1.165, 1.54) is 6.07 Å². The van der Waals surface area contributed by atoms with E-state index in [0.717, 1.165) is 0 Å². The fourth-order valence-corrected chi connectivity index (χ4v) is 2.37. The predicted octanol–water partition coefficient (Wildman–Crippen LogP) is 1.70. The van der Waals surface area contributed by atoms with Crippen molar-refractivity contribution in [3.63, 3.8) is 0 Å². The molecular weight excluding hydrogens is 311 g/mol. The molecule has 0 unspecified atom stereocenters. The van der Waals surface area contributed by atoms with Gasteiger partial charge >= 0.3 is 6.03 Å². The van der Waals surface area contributed by atoms with E-state index in [9.17, 15) is 14.3 Å². The molecule has 1 heterocycles. The molecule has 24 heavy (non-hydrogen) atoms. The van der Waals surface area contributed by atoms with Crippen LogP contribution in [0.1, 0.15) is 25.0 Å². The minimum atomic E-state index is -1.22. The summed E-state index contributed by atoms with van der Waals surface area (Å²) in [5, 5.41) is 19.8. The highest BCUT2D eigenvalue weighted by molar-refractivity contribution is 5.74. The van der Waals surface area contributed by atoms with Gasteiger partial charge in [-0.1, -0.05) is 18.2 Å². The van der Waals surface area contributed by atoms with Crippen LogP contribution < -0.4 is 10.6 Å². The largest absolute Gasteiger partial charge is 0.383 e. The lowest BCUT2D eigenvalue weighted by Gasteiger charge is -2.23. The van der Waals surface area contributed by atoms with Crippen molar-refractivity contribution in [3.8, 4) is 0 Å². The smallest absolute Gasteiger partial charge is 0.315 e. The number of rotatable bonds is 6. The second-order valence-corrected chi connectivity index (χ2v) is 6.20. The lowest BCUT2D eigenvalue weighted by atomic mass is 10.00. The third kappa shape index (κ3) is 4.79.